The normalized spacial score (nSPS) is 11.7. The summed E-state index contributed by atoms with van der Waals surface area (Å²) in [5.74, 6) is 1.43. The van der Waals surface area contributed by atoms with Gasteiger partial charge in [-0.05, 0) is 49.4 Å². The number of hydrogen-bond donors (Lipinski definition) is 1. The molecular weight excluding hydrogens is 378 g/mol. The number of amides is 1. The standard InChI is InChI=1S/C24H21N3O3/c1-16(20-10-6-7-11-21(20)29-2)25-22(28)17-12-14-19(15-13-17)24-27-26-23(30-24)18-8-4-3-5-9-18/h3-16H,1-2H3,(H,25,28). The number of nitrogens with zero attached hydrogens (tertiary/aromatic N) is 2. The maximum absolute atomic E-state index is 12.7. The van der Waals surface area contributed by atoms with Gasteiger partial charge in [-0.2, -0.15) is 0 Å². The highest BCUT2D eigenvalue weighted by Crippen LogP contribution is 2.26. The number of nitrogens with one attached hydrogen (secondary N) is 1. The number of benzene rings is 3. The number of rotatable bonds is 6. The topological polar surface area (TPSA) is 77.2 Å². The zero-order chi connectivity index (χ0) is 20.9. The van der Waals surface area contributed by atoms with Gasteiger partial charge in [-0.15, -0.1) is 10.2 Å². The van der Waals surface area contributed by atoms with Crippen molar-refractivity contribution in [1.82, 2.24) is 15.5 Å². The Labute approximate surface area is 174 Å². The Balaban J connectivity index is 1.47. The smallest absolute Gasteiger partial charge is 0.251 e. The minimum Gasteiger partial charge on any atom is -0.496 e. The number of methoxy groups -OCH3 is 1. The molecule has 3 aromatic carbocycles. The average Bonchev–Trinajstić information content (AvgIpc) is 3.30. The van der Waals surface area contributed by atoms with Gasteiger partial charge in [-0.3, -0.25) is 4.79 Å². The minimum atomic E-state index is -0.197. The van der Waals surface area contributed by atoms with Crippen LogP contribution < -0.4 is 10.1 Å². The average molecular weight is 399 g/mol. The van der Waals surface area contributed by atoms with E-state index in [-0.39, 0.29) is 11.9 Å². The molecule has 30 heavy (non-hydrogen) atoms. The lowest BCUT2D eigenvalue weighted by molar-refractivity contribution is 0.0939. The fourth-order valence-electron chi connectivity index (χ4n) is 3.18. The van der Waals surface area contributed by atoms with Crippen molar-refractivity contribution in [3.05, 3.63) is 90.0 Å². The first-order chi connectivity index (χ1) is 14.7. The molecule has 1 N–H and O–H groups in total. The Hall–Kier alpha value is -3.93. The van der Waals surface area contributed by atoms with E-state index in [1.807, 2.05) is 61.5 Å². The molecule has 0 aliphatic heterocycles. The van der Waals surface area contributed by atoms with E-state index in [9.17, 15) is 4.79 Å². The van der Waals surface area contributed by atoms with Crippen LogP contribution in [0.15, 0.2) is 83.3 Å². The molecule has 1 unspecified atom stereocenters. The summed E-state index contributed by atoms with van der Waals surface area (Å²) in [5, 5.41) is 11.2. The van der Waals surface area contributed by atoms with Gasteiger partial charge in [0, 0.05) is 22.3 Å². The number of para-hydroxylation sites is 1. The van der Waals surface area contributed by atoms with Gasteiger partial charge in [0.15, 0.2) is 0 Å². The lowest BCUT2D eigenvalue weighted by Crippen LogP contribution is -2.26. The van der Waals surface area contributed by atoms with Gasteiger partial charge in [0.05, 0.1) is 13.2 Å². The molecule has 0 aliphatic rings. The Morgan fingerprint density at radius 1 is 0.867 bits per heavy atom. The molecule has 1 aromatic heterocycles. The first-order valence-corrected chi connectivity index (χ1v) is 9.59. The van der Waals surface area contributed by atoms with Crippen LogP contribution in [0.1, 0.15) is 28.9 Å². The van der Waals surface area contributed by atoms with Crippen molar-refractivity contribution < 1.29 is 13.9 Å². The summed E-state index contributed by atoms with van der Waals surface area (Å²) in [6.07, 6.45) is 0. The van der Waals surface area contributed by atoms with Crippen LogP contribution in [0.4, 0.5) is 0 Å². The molecule has 0 saturated heterocycles. The van der Waals surface area contributed by atoms with Crippen LogP contribution in [0.25, 0.3) is 22.9 Å². The zero-order valence-corrected chi connectivity index (χ0v) is 16.7. The van der Waals surface area contributed by atoms with E-state index in [1.54, 1.807) is 31.4 Å². The largest absolute Gasteiger partial charge is 0.496 e. The van der Waals surface area contributed by atoms with Crippen LogP contribution in [-0.4, -0.2) is 23.2 Å². The maximum Gasteiger partial charge on any atom is 0.251 e. The SMILES string of the molecule is COc1ccccc1C(C)NC(=O)c1ccc(-c2nnc(-c3ccccc3)o2)cc1. The van der Waals surface area contributed by atoms with Crippen molar-refractivity contribution in [3.8, 4) is 28.7 Å². The van der Waals surface area contributed by atoms with Gasteiger partial charge in [-0.25, -0.2) is 0 Å². The highest BCUT2D eigenvalue weighted by Gasteiger charge is 2.16. The summed E-state index contributed by atoms with van der Waals surface area (Å²) in [5.41, 5.74) is 3.07. The summed E-state index contributed by atoms with van der Waals surface area (Å²) in [4.78, 5) is 12.7. The third kappa shape index (κ3) is 4.07. The number of carbonyl (C=O) groups is 1. The Morgan fingerprint density at radius 2 is 1.47 bits per heavy atom. The summed E-state index contributed by atoms with van der Waals surface area (Å²) in [6, 6.07) is 24.1. The number of carbonyl (C=O) groups excluding carboxylic acids is 1. The van der Waals surface area contributed by atoms with Gasteiger partial charge < -0.3 is 14.5 Å². The van der Waals surface area contributed by atoms with E-state index in [2.05, 4.69) is 15.5 Å². The highest BCUT2D eigenvalue weighted by molar-refractivity contribution is 5.94. The second-order valence-corrected chi connectivity index (χ2v) is 6.79. The zero-order valence-electron chi connectivity index (χ0n) is 16.7. The van der Waals surface area contributed by atoms with Crippen LogP contribution in [-0.2, 0) is 0 Å². The number of aromatic nitrogens is 2. The molecule has 0 saturated carbocycles. The molecule has 0 fully saturated rings. The summed E-state index contributed by atoms with van der Waals surface area (Å²) in [7, 11) is 1.62. The number of hydrogen-bond acceptors (Lipinski definition) is 5. The molecule has 150 valence electrons. The van der Waals surface area contributed by atoms with Crippen LogP contribution >= 0.6 is 0 Å². The molecule has 0 aliphatic carbocycles. The molecule has 1 heterocycles. The number of ether oxygens (including phenoxy) is 1. The molecule has 6 heteroatoms. The van der Waals surface area contributed by atoms with Gasteiger partial charge in [0.1, 0.15) is 5.75 Å². The third-order valence-corrected chi connectivity index (χ3v) is 4.79. The summed E-state index contributed by atoms with van der Waals surface area (Å²) >= 11 is 0. The molecule has 6 nitrogen and oxygen atoms in total. The van der Waals surface area contributed by atoms with E-state index in [1.165, 1.54) is 0 Å². The van der Waals surface area contributed by atoms with Crippen LogP contribution in [0.5, 0.6) is 5.75 Å². The van der Waals surface area contributed by atoms with Crippen molar-refractivity contribution in [1.29, 1.82) is 0 Å². The molecule has 4 rings (SSSR count). The van der Waals surface area contributed by atoms with Gasteiger partial charge in [0.25, 0.3) is 5.91 Å². The van der Waals surface area contributed by atoms with Gasteiger partial charge in [-0.1, -0.05) is 36.4 Å². The van der Waals surface area contributed by atoms with Crippen LogP contribution in [0.2, 0.25) is 0 Å². The third-order valence-electron chi connectivity index (χ3n) is 4.79. The molecule has 0 radical (unpaired) electrons. The van der Waals surface area contributed by atoms with Crippen molar-refractivity contribution >= 4 is 5.91 Å². The quantitative estimate of drug-likeness (QED) is 0.499. The lowest BCUT2D eigenvalue weighted by Gasteiger charge is -2.17. The monoisotopic (exact) mass is 399 g/mol. The van der Waals surface area contributed by atoms with Gasteiger partial charge in [0.2, 0.25) is 11.8 Å². The van der Waals surface area contributed by atoms with E-state index >= 15 is 0 Å². The molecular formula is C24H21N3O3. The van der Waals surface area contributed by atoms with Crippen molar-refractivity contribution in [2.45, 2.75) is 13.0 Å². The molecule has 0 spiro atoms. The predicted octanol–water partition coefficient (Wildman–Crippen LogP) is 4.90. The van der Waals surface area contributed by atoms with Crippen LogP contribution in [0, 0.1) is 0 Å². The molecule has 1 atom stereocenters. The summed E-state index contributed by atoms with van der Waals surface area (Å²) in [6.45, 7) is 1.92. The lowest BCUT2D eigenvalue weighted by atomic mass is 10.1. The van der Waals surface area contributed by atoms with Crippen molar-refractivity contribution in [3.63, 3.8) is 0 Å². The molecule has 4 aromatic rings. The first-order valence-electron chi connectivity index (χ1n) is 9.59. The second kappa shape index (κ2) is 8.61. The first kappa shape index (κ1) is 19.4. The van der Waals surface area contributed by atoms with E-state index in [0.29, 0.717) is 17.3 Å². The van der Waals surface area contributed by atoms with Crippen molar-refractivity contribution in [2.24, 2.45) is 0 Å². The Morgan fingerprint density at radius 3 is 2.13 bits per heavy atom. The Kier molecular flexibility index (Phi) is 5.57. The van der Waals surface area contributed by atoms with E-state index in [0.717, 1.165) is 22.4 Å². The predicted molar refractivity (Wildman–Crippen MR) is 114 cm³/mol. The minimum absolute atomic E-state index is 0.171. The second-order valence-electron chi connectivity index (χ2n) is 6.79. The fourth-order valence-corrected chi connectivity index (χ4v) is 3.18. The van der Waals surface area contributed by atoms with Crippen molar-refractivity contribution in [2.75, 3.05) is 7.11 Å². The van der Waals surface area contributed by atoms with Crippen LogP contribution in [0.3, 0.4) is 0 Å². The Bertz CT molecular complexity index is 1140. The molecule has 1 amide bonds. The fraction of sp³-hybridized carbons (Fsp3) is 0.125. The van der Waals surface area contributed by atoms with E-state index < -0.39 is 0 Å². The van der Waals surface area contributed by atoms with E-state index in [4.69, 9.17) is 9.15 Å². The van der Waals surface area contributed by atoms with Gasteiger partial charge >= 0.3 is 0 Å². The summed E-state index contributed by atoms with van der Waals surface area (Å²) < 4.78 is 11.1. The maximum atomic E-state index is 12.7. The highest BCUT2D eigenvalue weighted by atomic mass is 16.5. The molecule has 0 bridgehead atoms.